The van der Waals surface area contributed by atoms with Crippen molar-refractivity contribution < 1.29 is 18.7 Å². The van der Waals surface area contributed by atoms with Gasteiger partial charge in [0.25, 0.3) is 0 Å². The fourth-order valence-electron chi connectivity index (χ4n) is 6.18. The van der Waals surface area contributed by atoms with Crippen molar-refractivity contribution in [3.05, 3.63) is 24.0 Å². The third kappa shape index (κ3) is 2.58. The van der Waals surface area contributed by atoms with E-state index in [0.717, 1.165) is 32.1 Å². The maximum atomic E-state index is 13.7. The summed E-state index contributed by atoms with van der Waals surface area (Å²) in [6, 6.07) is 4.08. The maximum absolute atomic E-state index is 13.7. The van der Waals surface area contributed by atoms with Gasteiger partial charge >= 0.3 is 6.03 Å². The SMILES string of the molecule is NC(=O)C12CC3CC(C1)C(NC(=O)N1CCOc4ccc(F)cc41)C(C3)C2. The van der Waals surface area contributed by atoms with Crippen molar-refractivity contribution in [3.8, 4) is 5.75 Å². The summed E-state index contributed by atoms with van der Waals surface area (Å²) in [5, 5.41) is 3.21. The largest absolute Gasteiger partial charge is 0.490 e. The van der Waals surface area contributed by atoms with Crippen LogP contribution in [0.3, 0.4) is 0 Å². The van der Waals surface area contributed by atoms with Crippen LogP contribution in [0, 0.1) is 29.0 Å². The molecule has 27 heavy (non-hydrogen) atoms. The average Bonchev–Trinajstić information content (AvgIpc) is 2.63. The number of hydrogen-bond acceptors (Lipinski definition) is 3. The van der Waals surface area contributed by atoms with Crippen molar-refractivity contribution in [2.24, 2.45) is 28.9 Å². The highest BCUT2D eigenvalue weighted by Crippen LogP contribution is 2.59. The molecule has 0 radical (unpaired) electrons. The summed E-state index contributed by atoms with van der Waals surface area (Å²) in [4.78, 5) is 26.7. The zero-order valence-corrected chi connectivity index (χ0v) is 15.1. The number of amides is 3. The maximum Gasteiger partial charge on any atom is 0.322 e. The molecule has 6 nitrogen and oxygen atoms in total. The number of primary amides is 1. The number of hydrogen-bond donors (Lipinski definition) is 2. The third-order valence-electron chi connectivity index (χ3n) is 7.12. The van der Waals surface area contributed by atoms with Crippen LogP contribution in [0.1, 0.15) is 32.1 Å². The Morgan fingerprint density at radius 1 is 1.22 bits per heavy atom. The van der Waals surface area contributed by atoms with Gasteiger partial charge < -0.3 is 15.8 Å². The molecule has 144 valence electrons. The summed E-state index contributed by atoms with van der Waals surface area (Å²) >= 11 is 0. The average molecular weight is 373 g/mol. The standard InChI is InChI=1S/C20H24FN3O3/c21-14-1-2-16-15(7-14)24(3-4-27-16)19(26)23-17-12-5-11-6-13(17)10-20(8-11,9-12)18(22)25/h1-2,7,11-13,17H,3-6,8-10H2,(H2,22,25)(H,23,26). The van der Waals surface area contributed by atoms with Gasteiger partial charge in [0.05, 0.1) is 12.2 Å². The first-order valence-electron chi connectivity index (χ1n) is 9.75. The second kappa shape index (κ2) is 5.84. The Labute approximate surface area is 157 Å². The van der Waals surface area contributed by atoms with E-state index in [1.54, 1.807) is 11.0 Å². The van der Waals surface area contributed by atoms with Crippen LogP contribution in [-0.2, 0) is 4.79 Å². The Kier molecular flexibility index (Phi) is 3.64. The van der Waals surface area contributed by atoms with Gasteiger partial charge in [-0.15, -0.1) is 0 Å². The van der Waals surface area contributed by atoms with Gasteiger partial charge in [-0.05, 0) is 62.0 Å². The lowest BCUT2D eigenvalue weighted by Crippen LogP contribution is -2.63. The van der Waals surface area contributed by atoms with Crippen LogP contribution in [0.5, 0.6) is 5.75 Å². The second-order valence-corrected chi connectivity index (χ2v) is 8.70. The Morgan fingerprint density at radius 2 is 1.96 bits per heavy atom. The lowest BCUT2D eigenvalue weighted by atomic mass is 9.47. The number of halogens is 1. The van der Waals surface area contributed by atoms with Crippen LogP contribution in [0.4, 0.5) is 14.9 Å². The Balaban J connectivity index is 1.36. The highest BCUT2D eigenvalue weighted by molar-refractivity contribution is 5.94. The molecule has 4 saturated carbocycles. The first-order valence-corrected chi connectivity index (χ1v) is 9.75. The lowest BCUT2D eigenvalue weighted by molar-refractivity contribution is -0.145. The minimum atomic E-state index is -0.393. The molecule has 4 fully saturated rings. The molecule has 1 heterocycles. The van der Waals surface area contributed by atoms with Crippen LogP contribution in [0.2, 0.25) is 0 Å². The van der Waals surface area contributed by atoms with Crippen LogP contribution in [0.15, 0.2) is 18.2 Å². The molecule has 7 heteroatoms. The van der Waals surface area contributed by atoms with E-state index >= 15 is 0 Å². The van der Waals surface area contributed by atoms with E-state index < -0.39 is 5.82 Å². The molecule has 6 rings (SSSR count). The van der Waals surface area contributed by atoms with Gasteiger partial charge in [-0.1, -0.05) is 0 Å². The first kappa shape index (κ1) is 16.8. The molecule has 2 unspecified atom stereocenters. The van der Waals surface area contributed by atoms with Gasteiger partial charge in [-0.3, -0.25) is 9.69 Å². The molecule has 1 aromatic rings. The number of benzene rings is 1. The van der Waals surface area contributed by atoms with Crippen LogP contribution in [0.25, 0.3) is 0 Å². The number of fused-ring (bicyclic) bond motifs is 1. The molecule has 3 amide bonds. The van der Waals surface area contributed by atoms with E-state index in [2.05, 4.69) is 5.32 Å². The summed E-state index contributed by atoms with van der Waals surface area (Å²) < 4.78 is 19.2. The Bertz CT molecular complexity index is 798. The first-order chi connectivity index (χ1) is 12.9. The Hall–Kier alpha value is -2.31. The number of anilines is 1. The number of urea groups is 1. The Morgan fingerprint density at radius 3 is 2.67 bits per heavy atom. The predicted molar refractivity (Wildman–Crippen MR) is 96.7 cm³/mol. The van der Waals surface area contributed by atoms with Crippen molar-refractivity contribution in [2.75, 3.05) is 18.1 Å². The zero-order chi connectivity index (χ0) is 18.8. The summed E-state index contributed by atoms with van der Waals surface area (Å²) in [6.45, 7) is 0.772. The van der Waals surface area contributed by atoms with E-state index in [1.165, 1.54) is 12.1 Å². The number of carbonyl (C=O) groups excluding carboxylic acids is 2. The molecule has 4 bridgehead atoms. The molecule has 1 aromatic carbocycles. The van der Waals surface area contributed by atoms with Crippen molar-refractivity contribution in [1.82, 2.24) is 5.32 Å². The topological polar surface area (TPSA) is 84.7 Å². The van der Waals surface area contributed by atoms with Crippen molar-refractivity contribution in [1.29, 1.82) is 0 Å². The van der Waals surface area contributed by atoms with E-state index in [1.807, 2.05) is 0 Å². The molecule has 0 aromatic heterocycles. The number of nitrogens with one attached hydrogen (secondary N) is 1. The number of nitrogens with zero attached hydrogens (tertiary/aromatic N) is 1. The smallest absolute Gasteiger partial charge is 0.322 e. The fraction of sp³-hybridized carbons (Fsp3) is 0.600. The minimum absolute atomic E-state index is 0.0568. The van der Waals surface area contributed by atoms with E-state index in [9.17, 15) is 14.0 Å². The number of carbonyl (C=O) groups is 2. The summed E-state index contributed by atoms with van der Waals surface area (Å²) in [5.41, 5.74) is 5.84. The summed E-state index contributed by atoms with van der Waals surface area (Å²) in [5.74, 6) is 1.08. The number of ether oxygens (including phenoxy) is 1. The summed E-state index contributed by atoms with van der Waals surface area (Å²) in [7, 11) is 0. The molecule has 2 atom stereocenters. The molecule has 3 N–H and O–H groups in total. The molecule has 4 aliphatic carbocycles. The highest BCUT2D eigenvalue weighted by atomic mass is 19.1. The normalized spacial score (nSPS) is 36.1. The molecular weight excluding hydrogens is 349 g/mol. The van der Waals surface area contributed by atoms with Crippen molar-refractivity contribution in [3.63, 3.8) is 0 Å². The lowest BCUT2D eigenvalue weighted by Gasteiger charge is -2.58. The van der Waals surface area contributed by atoms with Gasteiger partial charge in [-0.2, -0.15) is 0 Å². The fourth-order valence-corrected chi connectivity index (χ4v) is 6.18. The highest BCUT2D eigenvalue weighted by Gasteiger charge is 2.58. The predicted octanol–water partition coefficient (Wildman–Crippen LogP) is 2.41. The number of rotatable bonds is 2. The third-order valence-corrected chi connectivity index (χ3v) is 7.12. The summed E-state index contributed by atoms with van der Waals surface area (Å²) in [6.07, 6.45) is 4.55. The second-order valence-electron chi connectivity index (χ2n) is 8.70. The van der Waals surface area contributed by atoms with E-state index in [0.29, 0.717) is 42.3 Å². The minimum Gasteiger partial charge on any atom is -0.490 e. The van der Waals surface area contributed by atoms with Gasteiger partial charge in [0.15, 0.2) is 0 Å². The van der Waals surface area contributed by atoms with Crippen molar-refractivity contribution in [2.45, 2.75) is 38.1 Å². The monoisotopic (exact) mass is 373 g/mol. The molecule has 0 spiro atoms. The van der Waals surface area contributed by atoms with Crippen molar-refractivity contribution >= 4 is 17.6 Å². The van der Waals surface area contributed by atoms with Crippen LogP contribution >= 0.6 is 0 Å². The van der Waals surface area contributed by atoms with Gasteiger partial charge in [0.1, 0.15) is 18.2 Å². The quantitative estimate of drug-likeness (QED) is 0.835. The van der Waals surface area contributed by atoms with Gasteiger partial charge in [0.2, 0.25) is 5.91 Å². The van der Waals surface area contributed by atoms with Gasteiger partial charge in [0, 0.05) is 17.5 Å². The molecular formula is C20H24FN3O3. The molecule has 1 aliphatic heterocycles. The molecule has 0 saturated heterocycles. The van der Waals surface area contributed by atoms with Crippen LogP contribution < -0.4 is 20.7 Å². The van der Waals surface area contributed by atoms with E-state index in [-0.39, 0.29) is 23.4 Å². The zero-order valence-electron chi connectivity index (χ0n) is 15.1. The van der Waals surface area contributed by atoms with Crippen LogP contribution in [-0.4, -0.2) is 31.1 Å². The van der Waals surface area contributed by atoms with Gasteiger partial charge in [-0.25, -0.2) is 9.18 Å². The number of nitrogens with two attached hydrogens (primary N) is 1. The van der Waals surface area contributed by atoms with E-state index in [4.69, 9.17) is 10.5 Å². The molecule has 5 aliphatic rings.